The maximum absolute atomic E-state index is 12.4. The van der Waals surface area contributed by atoms with Crippen LogP contribution >= 0.6 is 0 Å². The van der Waals surface area contributed by atoms with Gasteiger partial charge in [0.2, 0.25) is 0 Å². The molecule has 1 amide bonds. The third-order valence-electron chi connectivity index (χ3n) is 4.81. The molecule has 3 rings (SSSR count). The Hall–Kier alpha value is -2.53. The number of piperidine rings is 1. The first-order valence-corrected chi connectivity index (χ1v) is 9.00. The minimum absolute atomic E-state index is 0.0832. The molecule has 2 aromatic carbocycles. The first-order chi connectivity index (χ1) is 12.7. The van der Waals surface area contributed by atoms with E-state index in [1.807, 2.05) is 30.3 Å². The summed E-state index contributed by atoms with van der Waals surface area (Å²) in [4.78, 5) is 12.4. The molecule has 138 valence electrons. The smallest absolute Gasteiger partial charge is 0.251 e. The first kappa shape index (κ1) is 18.3. The number of methoxy groups -OCH3 is 2. The van der Waals surface area contributed by atoms with Crippen molar-refractivity contribution >= 4 is 5.91 Å². The zero-order valence-electron chi connectivity index (χ0n) is 15.4. The van der Waals surface area contributed by atoms with Gasteiger partial charge >= 0.3 is 0 Å². The largest absolute Gasteiger partial charge is 0.497 e. The van der Waals surface area contributed by atoms with Crippen molar-refractivity contribution in [2.75, 3.05) is 27.3 Å². The fraction of sp³-hybridized carbons (Fsp3) is 0.381. The van der Waals surface area contributed by atoms with Gasteiger partial charge in [0.1, 0.15) is 11.5 Å². The number of benzene rings is 2. The van der Waals surface area contributed by atoms with Crippen LogP contribution in [0.5, 0.6) is 11.5 Å². The Kier molecular flexibility index (Phi) is 6.12. The van der Waals surface area contributed by atoms with Gasteiger partial charge in [-0.2, -0.15) is 0 Å². The van der Waals surface area contributed by atoms with Crippen molar-refractivity contribution in [3.8, 4) is 11.5 Å². The first-order valence-electron chi connectivity index (χ1n) is 9.00. The lowest BCUT2D eigenvalue weighted by atomic mass is 9.91. The van der Waals surface area contributed by atoms with Crippen LogP contribution in [0.2, 0.25) is 0 Å². The molecule has 2 N–H and O–H groups in total. The van der Waals surface area contributed by atoms with Crippen molar-refractivity contribution < 1.29 is 14.3 Å². The third kappa shape index (κ3) is 4.55. The van der Waals surface area contributed by atoms with E-state index in [2.05, 4.69) is 22.8 Å². The minimum atomic E-state index is -0.0832. The van der Waals surface area contributed by atoms with Crippen LogP contribution in [-0.2, 0) is 6.54 Å². The number of nitrogens with one attached hydrogen (secondary N) is 2. The Balaban J connectivity index is 1.61. The highest BCUT2D eigenvalue weighted by atomic mass is 16.5. The topological polar surface area (TPSA) is 59.6 Å². The summed E-state index contributed by atoms with van der Waals surface area (Å²) in [5.41, 5.74) is 2.90. The molecule has 0 bridgehead atoms. The van der Waals surface area contributed by atoms with Gasteiger partial charge in [-0.15, -0.1) is 0 Å². The van der Waals surface area contributed by atoms with Gasteiger partial charge in [0.25, 0.3) is 5.91 Å². The number of carbonyl (C=O) groups excluding carboxylic acids is 1. The van der Waals surface area contributed by atoms with E-state index in [-0.39, 0.29) is 5.91 Å². The van der Waals surface area contributed by atoms with Gasteiger partial charge in [0.15, 0.2) is 0 Å². The molecule has 0 radical (unpaired) electrons. The quantitative estimate of drug-likeness (QED) is 0.837. The Morgan fingerprint density at radius 2 is 1.81 bits per heavy atom. The molecule has 1 atom stereocenters. The van der Waals surface area contributed by atoms with E-state index in [1.54, 1.807) is 14.2 Å². The van der Waals surface area contributed by atoms with Gasteiger partial charge < -0.3 is 20.1 Å². The summed E-state index contributed by atoms with van der Waals surface area (Å²) in [6.45, 7) is 2.54. The Bertz CT molecular complexity index is 715. The standard InChI is InChI=1S/C21H26N2O3/c1-25-19-10-15(11-20(12-19)26-2)13-23-21(24)17-7-5-16(6-8-17)18-4-3-9-22-14-18/h5-8,10-12,18,22H,3-4,9,13-14H2,1-2H3,(H,23,24). The Labute approximate surface area is 154 Å². The van der Waals surface area contributed by atoms with E-state index in [1.165, 1.54) is 18.4 Å². The molecule has 2 aromatic rings. The van der Waals surface area contributed by atoms with Crippen molar-refractivity contribution in [3.05, 3.63) is 59.2 Å². The molecular weight excluding hydrogens is 328 g/mol. The molecular formula is C21H26N2O3. The van der Waals surface area contributed by atoms with E-state index < -0.39 is 0 Å². The fourth-order valence-electron chi connectivity index (χ4n) is 3.30. The normalized spacial score (nSPS) is 16.8. The molecule has 1 saturated heterocycles. The van der Waals surface area contributed by atoms with Crippen molar-refractivity contribution in [3.63, 3.8) is 0 Å². The van der Waals surface area contributed by atoms with Crippen molar-refractivity contribution in [1.29, 1.82) is 0 Å². The average molecular weight is 354 g/mol. The number of rotatable bonds is 6. The van der Waals surface area contributed by atoms with Gasteiger partial charge in [-0.3, -0.25) is 4.79 Å². The number of amides is 1. The van der Waals surface area contributed by atoms with Crippen LogP contribution in [0.1, 0.15) is 40.2 Å². The van der Waals surface area contributed by atoms with Crippen molar-refractivity contribution in [2.45, 2.75) is 25.3 Å². The van der Waals surface area contributed by atoms with Crippen LogP contribution in [0.25, 0.3) is 0 Å². The maximum Gasteiger partial charge on any atom is 0.251 e. The molecule has 1 aliphatic heterocycles. The minimum Gasteiger partial charge on any atom is -0.497 e. The molecule has 26 heavy (non-hydrogen) atoms. The van der Waals surface area contributed by atoms with Gasteiger partial charge in [-0.25, -0.2) is 0 Å². The lowest BCUT2D eigenvalue weighted by Gasteiger charge is -2.23. The molecule has 0 aromatic heterocycles. The summed E-state index contributed by atoms with van der Waals surface area (Å²) in [6.07, 6.45) is 2.41. The van der Waals surface area contributed by atoms with Gasteiger partial charge in [-0.05, 0) is 60.7 Å². The highest BCUT2D eigenvalue weighted by Crippen LogP contribution is 2.24. The molecule has 5 heteroatoms. The molecule has 1 heterocycles. The second-order valence-corrected chi connectivity index (χ2v) is 6.57. The maximum atomic E-state index is 12.4. The van der Waals surface area contributed by atoms with Crippen LogP contribution in [0.4, 0.5) is 0 Å². The zero-order valence-corrected chi connectivity index (χ0v) is 15.4. The number of hydrogen-bond donors (Lipinski definition) is 2. The molecule has 5 nitrogen and oxygen atoms in total. The molecule has 1 fully saturated rings. The van der Waals surface area contributed by atoms with E-state index >= 15 is 0 Å². The van der Waals surface area contributed by atoms with Crippen molar-refractivity contribution in [1.82, 2.24) is 10.6 Å². The van der Waals surface area contributed by atoms with Gasteiger partial charge in [0.05, 0.1) is 14.2 Å². The summed E-state index contributed by atoms with van der Waals surface area (Å²) < 4.78 is 10.5. The van der Waals surface area contributed by atoms with E-state index in [9.17, 15) is 4.79 Å². The lowest BCUT2D eigenvalue weighted by Crippen LogP contribution is -2.28. The van der Waals surface area contributed by atoms with Crippen LogP contribution in [0.15, 0.2) is 42.5 Å². The van der Waals surface area contributed by atoms with E-state index in [0.717, 1.165) is 18.7 Å². The van der Waals surface area contributed by atoms with Crippen LogP contribution < -0.4 is 20.1 Å². The monoisotopic (exact) mass is 354 g/mol. The SMILES string of the molecule is COc1cc(CNC(=O)c2ccc(C3CCCNC3)cc2)cc(OC)c1. The van der Waals surface area contributed by atoms with Gasteiger partial charge in [0, 0.05) is 24.7 Å². The molecule has 0 spiro atoms. The molecule has 1 unspecified atom stereocenters. The van der Waals surface area contributed by atoms with Crippen LogP contribution in [0.3, 0.4) is 0 Å². The van der Waals surface area contributed by atoms with Crippen LogP contribution in [0, 0.1) is 0 Å². The zero-order chi connectivity index (χ0) is 18.4. The fourth-order valence-corrected chi connectivity index (χ4v) is 3.30. The summed E-state index contributed by atoms with van der Waals surface area (Å²) in [6, 6.07) is 13.5. The highest BCUT2D eigenvalue weighted by Gasteiger charge is 2.15. The summed E-state index contributed by atoms with van der Waals surface area (Å²) in [5.74, 6) is 1.88. The summed E-state index contributed by atoms with van der Waals surface area (Å²) in [7, 11) is 3.22. The number of ether oxygens (including phenoxy) is 2. The predicted octanol–water partition coefficient (Wildman–Crippen LogP) is 3.10. The highest BCUT2D eigenvalue weighted by molar-refractivity contribution is 5.94. The molecule has 0 aliphatic carbocycles. The lowest BCUT2D eigenvalue weighted by molar-refractivity contribution is 0.0951. The summed E-state index contributed by atoms with van der Waals surface area (Å²) >= 11 is 0. The van der Waals surface area contributed by atoms with Gasteiger partial charge in [-0.1, -0.05) is 12.1 Å². The van der Waals surface area contributed by atoms with Crippen LogP contribution in [-0.4, -0.2) is 33.2 Å². The molecule has 0 saturated carbocycles. The Morgan fingerprint density at radius 3 is 2.38 bits per heavy atom. The second kappa shape index (κ2) is 8.72. The average Bonchev–Trinajstić information content (AvgIpc) is 2.72. The summed E-state index contributed by atoms with van der Waals surface area (Å²) in [5, 5.41) is 6.38. The number of hydrogen-bond acceptors (Lipinski definition) is 4. The predicted molar refractivity (Wildman–Crippen MR) is 102 cm³/mol. The third-order valence-corrected chi connectivity index (χ3v) is 4.81. The molecule has 1 aliphatic rings. The van der Waals surface area contributed by atoms with Crippen molar-refractivity contribution in [2.24, 2.45) is 0 Å². The Morgan fingerprint density at radius 1 is 1.12 bits per heavy atom. The number of carbonyl (C=O) groups is 1. The van der Waals surface area contributed by atoms with E-state index in [0.29, 0.717) is 29.5 Å². The van der Waals surface area contributed by atoms with E-state index in [4.69, 9.17) is 9.47 Å². The second-order valence-electron chi connectivity index (χ2n) is 6.57.